The van der Waals surface area contributed by atoms with E-state index in [2.05, 4.69) is 26.8 Å². The van der Waals surface area contributed by atoms with Gasteiger partial charge in [-0.2, -0.15) is 0 Å². The van der Waals surface area contributed by atoms with Crippen molar-refractivity contribution in [3.8, 4) is 11.6 Å². The summed E-state index contributed by atoms with van der Waals surface area (Å²) in [6, 6.07) is 8.77. The maximum atomic E-state index is 14.4. The molecule has 4 aromatic rings. The Morgan fingerprint density at radius 3 is 2.81 bits per heavy atom. The molecule has 0 spiro atoms. The number of rotatable bonds is 6. The highest BCUT2D eigenvalue weighted by Gasteiger charge is 2.38. The number of carbonyl (C=O) groups is 1. The van der Waals surface area contributed by atoms with Crippen LogP contribution in [0.15, 0.2) is 71.1 Å². The third-order valence-electron chi connectivity index (χ3n) is 5.90. The molecule has 0 bridgehead atoms. The number of aromatic nitrogens is 3. The van der Waals surface area contributed by atoms with Gasteiger partial charge in [-0.3, -0.25) is 9.78 Å². The minimum absolute atomic E-state index is 0.175. The smallest absolute Gasteiger partial charge is 0.292 e. The molecule has 0 aliphatic carbocycles. The molecular formula is C25H20F3N5O2S. The van der Waals surface area contributed by atoms with Gasteiger partial charge in [0, 0.05) is 24.9 Å². The lowest BCUT2D eigenvalue weighted by Gasteiger charge is -2.36. The molecule has 1 aromatic carbocycles. The number of nitrogens with one attached hydrogen (secondary N) is 1. The molecule has 1 aliphatic heterocycles. The van der Waals surface area contributed by atoms with Crippen molar-refractivity contribution in [2.24, 2.45) is 0 Å². The second-order valence-corrected chi connectivity index (χ2v) is 9.11. The normalized spacial score (nSPS) is 16.1. The van der Waals surface area contributed by atoms with Gasteiger partial charge in [-0.25, -0.2) is 23.1 Å². The lowest BCUT2D eigenvalue weighted by molar-refractivity contribution is 0.0642. The summed E-state index contributed by atoms with van der Waals surface area (Å²) in [6.07, 6.45) is 0.373. The van der Waals surface area contributed by atoms with Gasteiger partial charge in [0.05, 0.1) is 4.70 Å². The van der Waals surface area contributed by atoms with Crippen LogP contribution in [0.25, 0.3) is 21.8 Å². The Kier molecular flexibility index (Phi) is 6.31. The van der Waals surface area contributed by atoms with E-state index >= 15 is 0 Å². The molecule has 0 unspecified atom stereocenters. The Morgan fingerprint density at radius 2 is 2.11 bits per heavy atom. The van der Waals surface area contributed by atoms with E-state index in [0.717, 1.165) is 11.3 Å². The fourth-order valence-electron chi connectivity index (χ4n) is 4.22. The minimum atomic E-state index is -3.04. The maximum Gasteiger partial charge on any atom is 0.292 e. The van der Waals surface area contributed by atoms with Crippen LogP contribution in [0.2, 0.25) is 0 Å². The van der Waals surface area contributed by atoms with E-state index in [4.69, 9.17) is 4.42 Å². The highest BCUT2D eigenvalue weighted by atomic mass is 32.1. The van der Waals surface area contributed by atoms with Crippen LogP contribution in [0, 0.1) is 5.82 Å². The molecule has 1 amide bonds. The molecule has 1 atom stereocenters. The predicted octanol–water partition coefficient (Wildman–Crippen LogP) is 6.02. The lowest BCUT2D eigenvalue weighted by Crippen LogP contribution is -2.41. The first-order valence-electron chi connectivity index (χ1n) is 11.0. The molecule has 7 nitrogen and oxygen atoms in total. The highest BCUT2D eigenvalue weighted by Crippen LogP contribution is 2.40. The molecule has 0 saturated carbocycles. The van der Waals surface area contributed by atoms with Crippen LogP contribution in [-0.2, 0) is 0 Å². The molecule has 4 heterocycles. The molecule has 3 aromatic heterocycles. The zero-order valence-corrected chi connectivity index (χ0v) is 19.9. The number of pyridine rings is 1. The second-order valence-electron chi connectivity index (χ2n) is 8.05. The van der Waals surface area contributed by atoms with Crippen LogP contribution in [0.3, 0.4) is 0 Å². The average molecular weight is 512 g/mol. The largest absolute Gasteiger partial charge is 0.429 e. The summed E-state index contributed by atoms with van der Waals surface area (Å²) in [4.78, 5) is 27.6. The molecule has 0 saturated heterocycles. The number of halogens is 3. The van der Waals surface area contributed by atoms with Crippen LogP contribution in [0.1, 0.15) is 47.1 Å². The number of para-hydroxylation sites is 1. The van der Waals surface area contributed by atoms with Gasteiger partial charge in [0.2, 0.25) is 11.7 Å². The number of thiazole rings is 1. The first-order valence-corrected chi connectivity index (χ1v) is 11.8. The molecule has 1 aliphatic rings. The highest BCUT2D eigenvalue weighted by molar-refractivity contribution is 7.18. The minimum Gasteiger partial charge on any atom is -0.429 e. The number of benzene rings is 1. The fourth-order valence-corrected chi connectivity index (χ4v) is 5.38. The average Bonchev–Trinajstić information content (AvgIpc) is 3.51. The van der Waals surface area contributed by atoms with Gasteiger partial charge < -0.3 is 14.6 Å². The van der Waals surface area contributed by atoms with Crippen molar-refractivity contribution in [1.82, 2.24) is 25.2 Å². The number of fused-ring (bicyclic) bond motifs is 1. The van der Waals surface area contributed by atoms with Gasteiger partial charge in [-0.05, 0) is 43.0 Å². The molecule has 0 radical (unpaired) electrons. The van der Waals surface area contributed by atoms with E-state index in [1.807, 2.05) is 6.92 Å². The number of nitrogens with zero attached hydrogens (tertiary/aromatic N) is 4. The lowest BCUT2D eigenvalue weighted by atomic mass is 9.98. The third kappa shape index (κ3) is 4.15. The topological polar surface area (TPSA) is 84.2 Å². The number of oxazole rings is 1. The van der Waals surface area contributed by atoms with Gasteiger partial charge in [-0.15, -0.1) is 11.3 Å². The van der Waals surface area contributed by atoms with Crippen LogP contribution < -0.4 is 5.32 Å². The molecule has 36 heavy (non-hydrogen) atoms. The molecule has 11 heteroatoms. The Balaban J connectivity index is 1.61. The number of hydrogen-bond donors (Lipinski definition) is 1. The summed E-state index contributed by atoms with van der Waals surface area (Å²) in [5.41, 5.74) is 1.21. The monoisotopic (exact) mass is 511 g/mol. The van der Waals surface area contributed by atoms with Crippen LogP contribution >= 0.6 is 11.3 Å². The van der Waals surface area contributed by atoms with E-state index in [1.54, 1.807) is 30.3 Å². The summed E-state index contributed by atoms with van der Waals surface area (Å²) in [5.74, 6) is -1.98. The summed E-state index contributed by atoms with van der Waals surface area (Å²) in [6.45, 7) is 5.69. The van der Waals surface area contributed by atoms with Gasteiger partial charge in [0.25, 0.3) is 12.3 Å². The summed E-state index contributed by atoms with van der Waals surface area (Å²) in [5, 5.41) is 3.53. The quantitative estimate of drug-likeness (QED) is 0.341. The van der Waals surface area contributed by atoms with E-state index in [9.17, 15) is 18.0 Å². The van der Waals surface area contributed by atoms with Gasteiger partial charge in [0.15, 0.2) is 5.69 Å². The predicted molar refractivity (Wildman–Crippen MR) is 129 cm³/mol. The van der Waals surface area contributed by atoms with Crippen LogP contribution in [0.5, 0.6) is 0 Å². The Labute approximate surface area is 208 Å². The first-order chi connectivity index (χ1) is 17.4. The number of amides is 1. The fraction of sp³-hybridized carbons (Fsp3) is 0.200. The Hall–Kier alpha value is -3.99. The van der Waals surface area contributed by atoms with Crippen molar-refractivity contribution >= 4 is 27.5 Å². The van der Waals surface area contributed by atoms with Crippen molar-refractivity contribution in [3.63, 3.8) is 0 Å². The molecule has 0 fully saturated rings. The van der Waals surface area contributed by atoms with Crippen molar-refractivity contribution in [2.75, 3.05) is 6.54 Å². The standard InChI is InChI=1S/C25H20F3N5O2S/c1-3-29-15-10-12-33(20(13(15)2)24-32-18-14(26)7-6-9-17(18)36-24)25(34)21-19(22(27)28)31-23(35-21)16-8-4-5-11-30-16/h3-9,11,20,22,29H,1,10,12H2,2H3/t20-/m0/s1. The number of hydrogen-bond acceptors (Lipinski definition) is 7. The molecule has 1 N–H and O–H groups in total. The molecule has 184 valence electrons. The Bertz CT molecular complexity index is 1480. The number of carbonyl (C=O) groups excluding carboxylic acids is 1. The van der Waals surface area contributed by atoms with E-state index in [0.29, 0.717) is 16.1 Å². The van der Waals surface area contributed by atoms with E-state index in [-0.39, 0.29) is 23.6 Å². The molecular weight excluding hydrogens is 491 g/mol. The summed E-state index contributed by atoms with van der Waals surface area (Å²) in [7, 11) is 0. The van der Waals surface area contributed by atoms with Gasteiger partial charge >= 0.3 is 0 Å². The number of alkyl halides is 2. The summed E-state index contributed by atoms with van der Waals surface area (Å²) < 4.78 is 48.5. The van der Waals surface area contributed by atoms with Crippen molar-refractivity contribution in [3.05, 3.63) is 88.9 Å². The van der Waals surface area contributed by atoms with Gasteiger partial charge in [0.1, 0.15) is 28.1 Å². The van der Waals surface area contributed by atoms with E-state index < -0.39 is 35.6 Å². The SMILES string of the molecule is C=CNC1=C(C)[C@@H](c2nc3c(F)cccc3s2)N(C(=O)c2oc(-c3ccccn3)nc2C(F)F)CC1. The zero-order valence-electron chi connectivity index (χ0n) is 19.0. The Morgan fingerprint density at radius 1 is 1.28 bits per heavy atom. The van der Waals surface area contributed by atoms with Crippen LogP contribution in [-0.4, -0.2) is 32.3 Å². The van der Waals surface area contributed by atoms with Crippen LogP contribution in [0.4, 0.5) is 13.2 Å². The third-order valence-corrected chi connectivity index (χ3v) is 6.97. The zero-order chi connectivity index (χ0) is 25.4. The second kappa shape index (κ2) is 9.57. The van der Waals surface area contributed by atoms with Gasteiger partial charge in [-0.1, -0.05) is 18.7 Å². The summed E-state index contributed by atoms with van der Waals surface area (Å²) >= 11 is 1.23. The van der Waals surface area contributed by atoms with Crippen molar-refractivity contribution < 1.29 is 22.4 Å². The van der Waals surface area contributed by atoms with E-state index in [1.165, 1.54) is 34.7 Å². The van der Waals surface area contributed by atoms with Crippen molar-refractivity contribution in [1.29, 1.82) is 0 Å². The van der Waals surface area contributed by atoms with Crippen molar-refractivity contribution in [2.45, 2.75) is 25.8 Å². The molecule has 5 rings (SSSR count). The maximum absolute atomic E-state index is 14.4. The first kappa shape index (κ1) is 23.7.